The second kappa shape index (κ2) is 5.19. The SMILES string of the molecule is CN(Cc1ncccn1)C1CCCNC1. The third-order valence-corrected chi connectivity index (χ3v) is 2.90. The molecule has 15 heavy (non-hydrogen) atoms. The van der Waals surface area contributed by atoms with Gasteiger partial charge in [-0.05, 0) is 32.5 Å². The summed E-state index contributed by atoms with van der Waals surface area (Å²) in [5.74, 6) is 0.908. The Kier molecular flexibility index (Phi) is 3.64. The first-order chi connectivity index (χ1) is 7.36. The monoisotopic (exact) mass is 206 g/mol. The first-order valence-corrected chi connectivity index (χ1v) is 5.53. The molecule has 1 N–H and O–H groups in total. The van der Waals surface area contributed by atoms with Crippen molar-refractivity contribution in [2.24, 2.45) is 0 Å². The summed E-state index contributed by atoms with van der Waals surface area (Å²) in [6.45, 7) is 3.09. The van der Waals surface area contributed by atoms with Gasteiger partial charge in [0.15, 0.2) is 0 Å². The Morgan fingerprint density at radius 3 is 2.93 bits per heavy atom. The van der Waals surface area contributed by atoms with Crippen molar-refractivity contribution >= 4 is 0 Å². The van der Waals surface area contributed by atoms with E-state index in [1.54, 1.807) is 12.4 Å². The Hall–Kier alpha value is -1.00. The molecule has 0 saturated carbocycles. The summed E-state index contributed by atoms with van der Waals surface area (Å²) in [5, 5.41) is 3.42. The summed E-state index contributed by atoms with van der Waals surface area (Å²) in [6.07, 6.45) is 6.14. The molecular weight excluding hydrogens is 188 g/mol. The van der Waals surface area contributed by atoms with Gasteiger partial charge in [-0.1, -0.05) is 0 Å². The van der Waals surface area contributed by atoms with Crippen molar-refractivity contribution < 1.29 is 0 Å². The lowest BCUT2D eigenvalue weighted by atomic mass is 10.1. The van der Waals surface area contributed by atoms with E-state index in [2.05, 4.69) is 27.2 Å². The Balaban J connectivity index is 1.88. The van der Waals surface area contributed by atoms with Gasteiger partial charge < -0.3 is 5.32 Å². The van der Waals surface area contributed by atoms with Gasteiger partial charge in [-0.25, -0.2) is 9.97 Å². The smallest absolute Gasteiger partial charge is 0.142 e. The van der Waals surface area contributed by atoms with Crippen molar-refractivity contribution in [1.82, 2.24) is 20.2 Å². The molecule has 2 heterocycles. The minimum Gasteiger partial charge on any atom is -0.315 e. The maximum Gasteiger partial charge on any atom is 0.142 e. The molecule has 1 saturated heterocycles. The standard InChI is InChI=1S/C11H18N4/c1-15(10-4-2-5-12-8-10)9-11-13-6-3-7-14-11/h3,6-7,10,12H,2,4-5,8-9H2,1H3. The zero-order valence-electron chi connectivity index (χ0n) is 9.19. The highest BCUT2D eigenvalue weighted by molar-refractivity contribution is 4.89. The lowest BCUT2D eigenvalue weighted by Gasteiger charge is -2.31. The molecule has 1 aromatic rings. The molecule has 4 heteroatoms. The molecule has 82 valence electrons. The normalized spacial score (nSPS) is 21.9. The lowest BCUT2D eigenvalue weighted by molar-refractivity contribution is 0.192. The molecule has 0 aromatic carbocycles. The van der Waals surface area contributed by atoms with Crippen LogP contribution in [0.1, 0.15) is 18.7 Å². The van der Waals surface area contributed by atoms with E-state index in [0.717, 1.165) is 25.5 Å². The molecule has 0 radical (unpaired) electrons. The number of hydrogen-bond acceptors (Lipinski definition) is 4. The fourth-order valence-electron chi connectivity index (χ4n) is 1.97. The molecule has 0 spiro atoms. The van der Waals surface area contributed by atoms with Gasteiger partial charge in [0.05, 0.1) is 6.54 Å². The number of piperidine rings is 1. The summed E-state index contributed by atoms with van der Waals surface area (Å²) in [5.41, 5.74) is 0. The van der Waals surface area contributed by atoms with E-state index in [4.69, 9.17) is 0 Å². The second-order valence-corrected chi connectivity index (χ2v) is 4.08. The van der Waals surface area contributed by atoms with Crippen molar-refractivity contribution in [2.75, 3.05) is 20.1 Å². The second-order valence-electron chi connectivity index (χ2n) is 4.08. The Morgan fingerprint density at radius 2 is 2.27 bits per heavy atom. The van der Waals surface area contributed by atoms with Crippen LogP contribution in [0.2, 0.25) is 0 Å². The molecule has 1 unspecified atom stereocenters. The maximum atomic E-state index is 4.24. The van der Waals surface area contributed by atoms with E-state index in [0.29, 0.717) is 6.04 Å². The van der Waals surface area contributed by atoms with Crippen molar-refractivity contribution in [3.05, 3.63) is 24.3 Å². The van der Waals surface area contributed by atoms with Crippen LogP contribution in [-0.4, -0.2) is 41.0 Å². The molecule has 1 fully saturated rings. The highest BCUT2D eigenvalue weighted by atomic mass is 15.2. The number of nitrogens with zero attached hydrogens (tertiary/aromatic N) is 3. The van der Waals surface area contributed by atoms with Crippen molar-refractivity contribution in [3.8, 4) is 0 Å². The van der Waals surface area contributed by atoms with Gasteiger partial charge in [-0.2, -0.15) is 0 Å². The minimum atomic E-state index is 0.627. The molecule has 0 amide bonds. The summed E-state index contributed by atoms with van der Waals surface area (Å²) in [7, 11) is 2.15. The summed E-state index contributed by atoms with van der Waals surface area (Å²) >= 11 is 0. The van der Waals surface area contributed by atoms with E-state index in [1.165, 1.54) is 12.8 Å². The fraction of sp³-hybridized carbons (Fsp3) is 0.636. The van der Waals surface area contributed by atoms with Gasteiger partial charge in [0, 0.05) is 25.0 Å². The lowest BCUT2D eigenvalue weighted by Crippen LogP contribution is -2.43. The third kappa shape index (κ3) is 2.97. The minimum absolute atomic E-state index is 0.627. The van der Waals surface area contributed by atoms with Crippen LogP contribution in [0.15, 0.2) is 18.5 Å². The topological polar surface area (TPSA) is 41.1 Å². The van der Waals surface area contributed by atoms with Gasteiger partial charge in [0.2, 0.25) is 0 Å². The van der Waals surface area contributed by atoms with Gasteiger partial charge in [-0.3, -0.25) is 4.90 Å². The quantitative estimate of drug-likeness (QED) is 0.789. The van der Waals surface area contributed by atoms with Crippen LogP contribution in [0.3, 0.4) is 0 Å². The zero-order chi connectivity index (χ0) is 10.5. The molecule has 1 aromatic heterocycles. The average Bonchev–Trinajstić information content (AvgIpc) is 2.31. The van der Waals surface area contributed by atoms with Gasteiger partial charge in [0.25, 0.3) is 0 Å². The van der Waals surface area contributed by atoms with Crippen molar-refractivity contribution in [2.45, 2.75) is 25.4 Å². The van der Waals surface area contributed by atoms with E-state index in [9.17, 15) is 0 Å². The molecular formula is C11H18N4. The number of aromatic nitrogens is 2. The average molecular weight is 206 g/mol. The molecule has 0 bridgehead atoms. The predicted octanol–water partition coefficient (Wildman–Crippen LogP) is 0.660. The van der Waals surface area contributed by atoms with E-state index >= 15 is 0 Å². The number of hydrogen-bond donors (Lipinski definition) is 1. The van der Waals surface area contributed by atoms with Crippen LogP contribution < -0.4 is 5.32 Å². The van der Waals surface area contributed by atoms with Crippen LogP contribution >= 0.6 is 0 Å². The first-order valence-electron chi connectivity index (χ1n) is 5.53. The first kappa shape index (κ1) is 10.5. The van der Waals surface area contributed by atoms with Crippen LogP contribution in [0.4, 0.5) is 0 Å². The highest BCUT2D eigenvalue weighted by Gasteiger charge is 2.17. The number of nitrogens with one attached hydrogen (secondary N) is 1. The molecule has 4 nitrogen and oxygen atoms in total. The van der Waals surface area contributed by atoms with Crippen molar-refractivity contribution in [3.63, 3.8) is 0 Å². The Labute approximate surface area is 90.7 Å². The van der Waals surface area contributed by atoms with E-state index in [-0.39, 0.29) is 0 Å². The van der Waals surface area contributed by atoms with Crippen LogP contribution in [0, 0.1) is 0 Å². The van der Waals surface area contributed by atoms with Crippen LogP contribution in [0.5, 0.6) is 0 Å². The molecule has 0 aliphatic carbocycles. The molecule has 2 rings (SSSR count). The molecule has 1 atom stereocenters. The summed E-state index contributed by atoms with van der Waals surface area (Å²) < 4.78 is 0. The summed E-state index contributed by atoms with van der Waals surface area (Å²) in [6, 6.07) is 2.48. The number of rotatable bonds is 3. The van der Waals surface area contributed by atoms with Gasteiger partial charge in [0.1, 0.15) is 5.82 Å². The van der Waals surface area contributed by atoms with Crippen LogP contribution in [0.25, 0.3) is 0 Å². The van der Waals surface area contributed by atoms with Gasteiger partial charge in [-0.15, -0.1) is 0 Å². The van der Waals surface area contributed by atoms with E-state index < -0.39 is 0 Å². The fourth-order valence-corrected chi connectivity index (χ4v) is 1.97. The molecule has 1 aliphatic rings. The Bertz CT molecular complexity index is 282. The Morgan fingerprint density at radius 1 is 1.47 bits per heavy atom. The number of likely N-dealkylation sites (N-methyl/N-ethyl adjacent to an activating group) is 1. The largest absolute Gasteiger partial charge is 0.315 e. The zero-order valence-corrected chi connectivity index (χ0v) is 9.19. The molecule has 1 aliphatic heterocycles. The predicted molar refractivity (Wildman–Crippen MR) is 59.4 cm³/mol. The van der Waals surface area contributed by atoms with E-state index in [1.807, 2.05) is 6.07 Å². The van der Waals surface area contributed by atoms with Gasteiger partial charge >= 0.3 is 0 Å². The third-order valence-electron chi connectivity index (χ3n) is 2.90. The summed E-state index contributed by atoms with van der Waals surface area (Å²) in [4.78, 5) is 10.8. The van der Waals surface area contributed by atoms with Crippen LogP contribution in [-0.2, 0) is 6.54 Å². The maximum absolute atomic E-state index is 4.24. The highest BCUT2D eigenvalue weighted by Crippen LogP contribution is 2.10. The van der Waals surface area contributed by atoms with Crippen molar-refractivity contribution in [1.29, 1.82) is 0 Å².